The average Bonchev–Trinajstić information content (AvgIpc) is 2.92. The molecule has 7 heteroatoms. The van der Waals surface area contributed by atoms with Crippen molar-refractivity contribution in [2.24, 2.45) is 0 Å². The van der Waals surface area contributed by atoms with Gasteiger partial charge in [-0.05, 0) is 18.6 Å². The molecular weight excluding hydrogens is 292 g/mol. The Morgan fingerprint density at radius 2 is 2.14 bits per heavy atom. The van der Waals surface area contributed by atoms with Gasteiger partial charge >= 0.3 is 0 Å². The van der Waals surface area contributed by atoms with Crippen LogP contribution >= 0.6 is 11.8 Å². The number of hydrogen-bond acceptors (Lipinski definition) is 6. The quantitative estimate of drug-likeness (QED) is 0.775. The molecule has 6 nitrogen and oxygen atoms in total. The molecule has 1 heterocycles. The molecule has 0 unspecified atom stereocenters. The van der Waals surface area contributed by atoms with Crippen LogP contribution < -0.4 is 5.32 Å². The molecule has 0 saturated heterocycles. The highest BCUT2D eigenvalue weighted by atomic mass is 32.2. The Balaban J connectivity index is 1.73. The number of Topliss-reactive ketones (excluding diaryl/α,β-unsaturated/α-hetero) is 1. The summed E-state index contributed by atoms with van der Waals surface area (Å²) < 4.78 is 4.77. The Hall–Kier alpha value is -1.89. The lowest BCUT2D eigenvalue weighted by atomic mass is 10.0. The minimum absolute atomic E-state index is 0.0228. The first kappa shape index (κ1) is 15.5. The van der Waals surface area contributed by atoms with Gasteiger partial charge in [0, 0.05) is 19.5 Å². The van der Waals surface area contributed by atoms with Crippen LogP contribution in [0.15, 0.2) is 21.7 Å². The lowest BCUT2D eigenvalue weighted by Crippen LogP contribution is -2.20. The molecule has 112 valence electrons. The van der Waals surface area contributed by atoms with Crippen LogP contribution in [0.5, 0.6) is 0 Å². The lowest BCUT2D eigenvalue weighted by molar-refractivity contribution is -0.118. The fourth-order valence-corrected chi connectivity index (χ4v) is 2.92. The number of carbonyl (C=O) groups is 3. The van der Waals surface area contributed by atoms with Crippen molar-refractivity contribution in [3.63, 3.8) is 0 Å². The number of ketones is 2. The SMILES string of the molecule is CC(=O)NCCCCCSC1=CC(=O)c2oncc2C1=O. The second-order valence-electron chi connectivity index (χ2n) is 4.66. The predicted molar refractivity (Wildman–Crippen MR) is 78.2 cm³/mol. The maximum atomic E-state index is 12.1. The van der Waals surface area contributed by atoms with E-state index in [4.69, 9.17) is 4.52 Å². The molecule has 0 saturated carbocycles. The van der Waals surface area contributed by atoms with E-state index in [-0.39, 0.29) is 28.8 Å². The number of hydrogen-bond donors (Lipinski definition) is 1. The standard InChI is InChI=1S/C14H16N2O4S/c1-9(17)15-5-3-2-4-6-21-12-7-11(18)14-10(13(12)19)8-16-20-14/h7-8H,2-6H2,1H3,(H,15,17). The van der Waals surface area contributed by atoms with Gasteiger partial charge in [0.05, 0.1) is 16.7 Å². The Labute approximate surface area is 126 Å². The Morgan fingerprint density at radius 3 is 2.90 bits per heavy atom. The zero-order valence-electron chi connectivity index (χ0n) is 11.7. The molecule has 1 aromatic heterocycles. The molecule has 0 radical (unpaired) electrons. The van der Waals surface area contributed by atoms with Crippen LogP contribution in [-0.2, 0) is 4.79 Å². The van der Waals surface area contributed by atoms with Crippen molar-refractivity contribution >= 4 is 29.2 Å². The number of carbonyl (C=O) groups excluding carboxylic acids is 3. The van der Waals surface area contributed by atoms with Gasteiger partial charge in [0.2, 0.25) is 23.2 Å². The van der Waals surface area contributed by atoms with E-state index in [1.54, 1.807) is 0 Å². The number of fused-ring (bicyclic) bond motifs is 1. The van der Waals surface area contributed by atoms with Gasteiger partial charge in [-0.25, -0.2) is 0 Å². The second kappa shape index (κ2) is 7.21. The highest BCUT2D eigenvalue weighted by Gasteiger charge is 2.29. The summed E-state index contributed by atoms with van der Waals surface area (Å²) in [6.07, 6.45) is 5.39. The summed E-state index contributed by atoms with van der Waals surface area (Å²) in [5.74, 6) is 0.250. The number of rotatable bonds is 7. The first-order valence-corrected chi connectivity index (χ1v) is 7.71. The minimum Gasteiger partial charge on any atom is -0.356 e. The van der Waals surface area contributed by atoms with E-state index in [9.17, 15) is 14.4 Å². The number of amides is 1. The fraction of sp³-hybridized carbons (Fsp3) is 0.429. The molecule has 21 heavy (non-hydrogen) atoms. The third kappa shape index (κ3) is 4.04. The van der Waals surface area contributed by atoms with Gasteiger partial charge in [-0.2, -0.15) is 0 Å². The maximum absolute atomic E-state index is 12.1. The molecule has 0 aliphatic heterocycles. The van der Waals surface area contributed by atoms with Crippen LogP contribution in [0.25, 0.3) is 0 Å². The van der Waals surface area contributed by atoms with Crippen molar-refractivity contribution in [3.05, 3.63) is 28.5 Å². The first-order chi connectivity index (χ1) is 10.1. The number of nitrogens with zero attached hydrogens (tertiary/aromatic N) is 1. The predicted octanol–water partition coefficient (Wildman–Crippen LogP) is 1.98. The van der Waals surface area contributed by atoms with E-state index in [0.29, 0.717) is 11.4 Å². The van der Waals surface area contributed by atoms with Crippen molar-refractivity contribution in [3.8, 4) is 0 Å². The lowest BCUT2D eigenvalue weighted by Gasteiger charge is -2.09. The number of nitrogens with one attached hydrogen (secondary N) is 1. The molecule has 1 aliphatic carbocycles. The van der Waals surface area contributed by atoms with Crippen LogP contribution in [0, 0.1) is 0 Å². The van der Waals surface area contributed by atoms with Gasteiger partial charge in [0.25, 0.3) is 0 Å². The summed E-state index contributed by atoms with van der Waals surface area (Å²) in [5, 5.41) is 6.22. The largest absolute Gasteiger partial charge is 0.356 e. The topological polar surface area (TPSA) is 89.3 Å². The molecule has 1 N–H and O–H groups in total. The summed E-state index contributed by atoms with van der Waals surface area (Å²) in [4.78, 5) is 34.9. The molecule has 0 fully saturated rings. The van der Waals surface area contributed by atoms with E-state index in [2.05, 4.69) is 10.5 Å². The van der Waals surface area contributed by atoms with E-state index >= 15 is 0 Å². The van der Waals surface area contributed by atoms with E-state index < -0.39 is 0 Å². The summed E-state index contributed by atoms with van der Waals surface area (Å²) in [6.45, 7) is 2.16. The molecule has 0 atom stereocenters. The first-order valence-electron chi connectivity index (χ1n) is 6.72. The van der Waals surface area contributed by atoms with Crippen molar-refractivity contribution < 1.29 is 18.9 Å². The molecule has 2 rings (SSSR count). The minimum atomic E-state index is -0.310. The van der Waals surface area contributed by atoms with Gasteiger partial charge in [-0.1, -0.05) is 11.6 Å². The summed E-state index contributed by atoms with van der Waals surface area (Å²) in [7, 11) is 0. The van der Waals surface area contributed by atoms with Crippen molar-refractivity contribution in [2.45, 2.75) is 26.2 Å². The van der Waals surface area contributed by atoms with Crippen molar-refractivity contribution in [1.82, 2.24) is 10.5 Å². The Bertz CT molecular complexity index is 592. The maximum Gasteiger partial charge on any atom is 0.225 e. The van der Waals surface area contributed by atoms with Gasteiger partial charge in [0.1, 0.15) is 0 Å². The summed E-state index contributed by atoms with van der Waals surface area (Å²) in [6, 6.07) is 0. The zero-order chi connectivity index (χ0) is 15.2. The number of unbranched alkanes of at least 4 members (excludes halogenated alkanes) is 2. The second-order valence-corrected chi connectivity index (χ2v) is 5.80. The molecule has 1 amide bonds. The van der Waals surface area contributed by atoms with Crippen LogP contribution in [-0.4, -0.2) is 34.9 Å². The van der Waals surface area contributed by atoms with Gasteiger partial charge in [-0.15, -0.1) is 11.8 Å². The van der Waals surface area contributed by atoms with Crippen LogP contribution in [0.2, 0.25) is 0 Å². The number of allylic oxidation sites excluding steroid dienone is 2. The molecular formula is C14H16N2O4S. The van der Waals surface area contributed by atoms with E-state index in [0.717, 1.165) is 25.0 Å². The Kier molecular flexibility index (Phi) is 5.32. The highest BCUT2D eigenvalue weighted by Crippen LogP contribution is 2.28. The normalized spacial score (nSPS) is 13.9. The Morgan fingerprint density at radius 1 is 1.33 bits per heavy atom. The summed E-state index contributed by atoms with van der Waals surface area (Å²) >= 11 is 1.37. The van der Waals surface area contributed by atoms with E-state index in [1.165, 1.54) is 31.0 Å². The van der Waals surface area contributed by atoms with E-state index in [1.807, 2.05) is 0 Å². The fourth-order valence-electron chi connectivity index (χ4n) is 1.92. The third-order valence-electron chi connectivity index (χ3n) is 2.98. The third-order valence-corrected chi connectivity index (χ3v) is 4.08. The van der Waals surface area contributed by atoms with Crippen LogP contribution in [0.3, 0.4) is 0 Å². The van der Waals surface area contributed by atoms with Crippen molar-refractivity contribution in [2.75, 3.05) is 12.3 Å². The number of thioether (sulfide) groups is 1. The van der Waals surface area contributed by atoms with Crippen LogP contribution in [0.1, 0.15) is 47.1 Å². The summed E-state index contributed by atoms with van der Waals surface area (Å²) in [5.41, 5.74) is 0.246. The molecule has 0 spiro atoms. The molecule has 1 aliphatic rings. The smallest absolute Gasteiger partial charge is 0.225 e. The van der Waals surface area contributed by atoms with Crippen molar-refractivity contribution in [1.29, 1.82) is 0 Å². The van der Waals surface area contributed by atoms with Gasteiger partial charge in [-0.3, -0.25) is 14.4 Å². The monoisotopic (exact) mass is 308 g/mol. The van der Waals surface area contributed by atoms with Gasteiger partial charge < -0.3 is 9.84 Å². The molecule has 0 aromatic carbocycles. The zero-order valence-corrected chi connectivity index (χ0v) is 12.5. The van der Waals surface area contributed by atoms with Crippen LogP contribution in [0.4, 0.5) is 0 Å². The molecule has 1 aromatic rings. The average molecular weight is 308 g/mol. The van der Waals surface area contributed by atoms with Gasteiger partial charge in [0.15, 0.2) is 0 Å². The number of aromatic nitrogens is 1. The molecule has 0 bridgehead atoms. The highest BCUT2D eigenvalue weighted by molar-refractivity contribution is 8.04.